The third kappa shape index (κ3) is 3.52. The van der Waals surface area contributed by atoms with E-state index in [1.807, 2.05) is 41.0 Å². The van der Waals surface area contributed by atoms with Crippen molar-refractivity contribution in [3.63, 3.8) is 0 Å². The van der Waals surface area contributed by atoms with Crippen LogP contribution in [0.5, 0.6) is 0 Å². The van der Waals surface area contributed by atoms with Crippen LogP contribution in [0, 0.1) is 5.92 Å². The maximum atomic E-state index is 13.1. The number of rotatable bonds is 4. The first-order valence-corrected chi connectivity index (χ1v) is 10.6. The smallest absolute Gasteiger partial charge is 0.242 e. The van der Waals surface area contributed by atoms with E-state index in [1.165, 1.54) is 0 Å². The first-order valence-electron chi connectivity index (χ1n) is 10.6. The number of imidazole rings is 1. The maximum Gasteiger partial charge on any atom is 0.242 e. The molecule has 4 rings (SSSR count). The van der Waals surface area contributed by atoms with Crippen LogP contribution >= 0.6 is 0 Å². The molecule has 2 amide bonds. The summed E-state index contributed by atoms with van der Waals surface area (Å²) >= 11 is 0. The Balaban J connectivity index is 1.66. The predicted octanol–water partition coefficient (Wildman–Crippen LogP) is 3.37. The average molecular weight is 383 g/mol. The summed E-state index contributed by atoms with van der Waals surface area (Å²) in [5.41, 5.74) is 1.88. The number of aromatic nitrogens is 2. The number of hydrogen-bond acceptors (Lipinski definition) is 3. The van der Waals surface area contributed by atoms with E-state index in [0.29, 0.717) is 18.9 Å². The zero-order valence-corrected chi connectivity index (χ0v) is 16.9. The van der Waals surface area contributed by atoms with Crippen LogP contribution in [0.3, 0.4) is 0 Å². The third-order valence-corrected chi connectivity index (χ3v) is 6.29. The molecule has 0 spiro atoms. The zero-order chi connectivity index (χ0) is 19.7. The fraction of sp³-hybridized carbons (Fsp3) is 0.591. The topological polar surface area (TPSA) is 58.4 Å². The highest BCUT2D eigenvalue weighted by Crippen LogP contribution is 2.34. The molecular weight excluding hydrogens is 352 g/mol. The van der Waals surface area contributed by atoms with Gasteiger partial charge in [0.25, 0.3) is 0 Å². The van der Waals surface area contributed by atoms with Gasteiger partial charge in [-0.05, 0) is 43.7 Å². The molecular formula is C22H30N4O2. The second-order valence-electron chi connectivity index (χ2n) is 8.21. The quantitative estimate of drug-likeness (QED) is 0.815. The Morgan fingerprint density at radius 2 is 1.82 bits per heavy atom. The van der Waals surface area contributed by atoms with E-state index in [-0.39, 0.29) is 17.9 Å². The Bertz CT molecular complexity index is 867. The van der Waals surface area contributed by atoms with Crippen molar-refractivity contribution in [2.75, 3.05) is 19.6 Å². The lowest BCUT2D eigenvalue weighted by Gasteiger charge is -2.31. The summed E-state index contributed by atoms with van der Waals surface area (Å²) in [6.07, 6.45) is 4.54. The van der Waals surface area contributed by atoms with Crippen LogP contribution < -0.4 is 0 Å². The Kier molecular flexibility index (Phi) is 5.38. The number of fused-ring (bicyclic) bond motifs is 1. The first kappa shape index (κ1) is 19.0. The number of nitrogens with zero attached hydrogens (tertiary/aromatic N) is 4. The number of piperidine rings is 1. The summed E-state index contributed by atoms with van der Waals surface area (Å²) in [7, 11) is 0. The van der Waals surface area contributed by atoms with E-state index in [0.717, 1.165) is 62.2 Å². The lowest BCUT2D eigenvalue weighted by molar-refractivity contribution is -0.133. The van der Waals surface area contributed by atoms with Gasteiger partial charge in [0, 0.05) is 26.1 Å². The number of hydrogen-bond donors (Lipinski definition) is 0. The minimum absolute atomic E-state index is 0.0333. The van der Waals surface area contributed by atoms with Gasteiger partial charge in [-0.25, -0.2) is 4.98 Å². The summed E-state index contributed by atoms with van der Waals surface area (Å²) in [5, 5.41) is 0. The Morgan fingerprint density at radius 1 is 1.07 bits per heavy atom. The molecule has 3 heterocycles. The number of carbonyl (C=O) groups excluding carboxylic acids is 2. The van der Waals surface area contributed by atoms with Crippen LogP contribution in [0.25, 0.3) is 11.0 Å². The fourth-order valence-electron chi connectivity index (χ4n) is 4.54. The third-order valence-electron chi connectivity index (χ3n) is 6.29. The minimum Gasteiger partial charge on any atom is -0.341 e. The van der Waals surface area contributed by atoms with Crippen LogP contribution in [-0.2, 0) is 16.1 Å². The molecule has 6 heteroatoms. The zero-order valence-electron chi connectivity index (χ0n) is 16.9. The highest BCUT2D eigenvalue weighted by Gasteiger charge is 2.33. The molecule has 28 heavy (non-hydrogen) atoms. The van der Waals surface area contributed by atoms with Crippen LogP contribution in [0.2, 0.25) is 0 Å². The molecule has 1 atom stereocenters. The molecule has 0 N–H and O–H groups in total. The number of likely N-dealkylation sites (tertiary alicyclic amines) is 2. The van der Waals surface area contributed by atoms with Gasteiger partial charge in [-0.1, -0.05) is 26.0 Å². The second kappa shape index (κ2) is 7.94. The normalized spacial score (nSPS) is 20.9. The van der Waals surface area contributed by atoms with Crippen LogP contribution in [0.4, 0.5) is 0 Å². The monoisotopic (exact) mass is 382 g/mol. The lowest BCUT2D eigenvalue weighted by atomic mass is 9.99. The van der Waals surface area contributed by atoms with Gasteiger partial charge < -0.3 is 14.4 Å². The van der Waals surface area contributed by atoms with Crippen molar-refractivity contribution >= 4 is 22.8 Å². The number of amides is 2. The fourth-order valence-corrected chi connectivity index (χ4v) is 4.54. The summed E-state index contributed by atoms with van der Waals surface area (Å²) in [6, 6.07) is 7.94. The Morgan fingerprint density at radius 3 is 2.57 bits per heavy atom. The van der Waals surface area contributed by atoms with E-state index >= 15 is 0 Å². The number of para-hydroxylation sites is 2. The molecule has 2 aliphatic heterocycles. The van der Waals surface area contributed by atoms with Crippen molar-refractivity contribution in [1.29, 1.82) is 0 Å². The van der Waals surface area contributed by atoms with Crippen molar-refractivity contribution in [3.8, 4) is 0 Å². The SMILES string of the molecule is CCC(=O)N1CCC[C@@H]1c1nc2ccccc2n1CC(=O)N1CCC(C)CC1. The molecule has 0 aliphatic carbocycles. The first-order chi connectivity index (χ1) is 13.6. The van der Waals surface area contributed by atoms with Gasteiger partial charge in [-0.2, -0.15) is 0 Å². The van der Waals surface area contributed by atoms with E-state index in [2.05, 4.69) is 11.5 Å². The summed E-state index contributed by atoms with van der Waals surface area (Å²) in [6.45, 7) is 6.91. The van der Waals surface area contributed by atoms with Crippen molar-refractivity contribution in [1.82, 2.24) is 19.4 Å². The molecule has 0 radical (unpaired) electrons. The van der Waals surface area contributed by atoms with E-state index in [1.54, 1.807) is 0 Å². The van der Waals surface area contributed by atoms with Gasteiger partial charge in [0.15, 0.2) is 0 Å². The molecule has 0 bridgehead atoms. The molecule has 1 aromatic heterocycles. The highest BCUT2D eigenvalue weighted by atomic mass is 16.2. The molecule has 2 fully saturated rings. The van der Waals surface area contributed by atoms with Crippen molar-refractivity contribution in [3.05, 3.63) is 30.1 Å². The van der Waals surface area contributed by atoms with E-state index < -0.39 is 0 Å². The van der Waals surface area contributed by atoms with E-state index in [4.69, 9.17) is 4.98 Å². The molecule has 0 unspecified atom stereocenters. The van der Waals surface area contributed by atoms with Gasteiger partial charge in [-0.15, -0.1) is 0 Å². The maximum absolute atomic E-state index is 13.1. The van der Waals surface area contributed by atoms with E-state index in [9.17, 15) is 9.59 Å². The van der Waals surface area contributed by atoms with Crippen molar-refractivity contribution in [2.24, 2.45) is 5.92 Å². The highest BCUT2D eigenvalue weighted by molar-refractivity contribution is 5.82. The van der Waals surface area contributed by atoms with Gasteiger partial charge >= 0.3 is 0 Å². The molecule has 6 nitrogen and oxygen atoms in total. The largest absolute Gasteiger partial charge is 0.341 e. The molecule has 2 saturated heterocycles. The minimum atomic E-state index is -0.0333. The molecule has 150 valence electrons. The predicted molar refractivity (Wildman–Crippen MR) is 109 cm³/mol. The lowest BCUT2D eigenvalue weighted by Crippen LogP contribution is -2.40. The molecule has 2 aromatic rings. The van der Waals surface area contributed by atoms with Gasteiger partial charge in [0.05, 0.1) is 17.1 Å². The molecule has 0 saturated carbocycles. The standard InChI is InChI=1S/C22H30N4O2/c1-3-20(27)25-12-6-9-19(25)22-23-17-7-4-5-8-18(17)26(22)15-21(28)24-13-10-16(2)11-14-24/h4-5,7-8,16,19H,3,6,9-15H2,1-2H3/t19-/m1/s1. The number of carbonyl (C=O) groups is 2. The van der Waals surface area contributed by atoms with Gasteiger partial charge in [-0.3, -0.25) is 9.59 Å². The van der Waals surface area contributed by atoms with Crippen LogP contribution in [-0.4, -0.2) is 50.8 Å². The van der Waals surface area contributed by atoms with Gasteiger partial charge in [0.1, 0.15) is 12.4 Å². The van der Waals surface area contributed by atoms with Crippen molar-refractivity contribution in [2.45, 2.75) is 58.5 Å². The average Bonchev–Trinajstić information content (AvgIpc) is 3.33. The summed E-state index contributed by atoms with van der Waals surface area (Å²) in [4.78, 5) is 34.3. The van der Waals surface area contributed by atoms with Crippen molar-refractivity contribution < 1.29 is 9.59 Å². The number of benzene rings is 1. The van der Waals surface area contributed by atoms with Gasteiger partial charge in [0.2, 0.25) is 11.8 Å². The second-order valence-corrected chi connectivity index (χ2v) is 8.21. The van der Waals surface area contributed by atoms with Crippen LogP contribution in [0.1, 0.15) is 57.8 Å². The Hall–Kier alpha value is -2.37. The van der Waals surface area contributed by atoms with Crippen LogP contribution in [0.15, 0.2) is 24.3 Å². The molecule has 1 aromatic carbocycles. The summed E-state index contributed by atoms with van der Waals surface area (Å²) in [5.74, 6) is 1.88. The summed E-state index contributed by atoms with van der Waals surface area (Å²) < 4.78 is 2.06. The molecule has 2 aliphatic rings. The Labute approximate surface area is 166 Å².